The molecule has 0 bridgehead atoms. The predicted molar refractivity (Wildman–Crippen MR) is 207 cm³/mol. The zero-order valence-electron chi connectivity index (χ0n) is 29.1. The molecule has 59 heavy (non-hydrogen) atoms. The number of sulfone groups is 1. The van der Waals surface area contributed by atoms with E-state index in [0.29, 0.717) is 17.7 Å². The zero-order chi connectivity index (χ0) is 43.3. The number of aromatic nitrogens is 3. The molecular formula is C29H25ClN8O16S5. The van der Waals surface area contributed by atoms with E-state index in [-0.39, 0.29) is 54.8 Å². The first kappa shape index (κ1) is 45.1. The van der Waals surface area contributed by atoms with E-state index in [1.807, 2.05) is 0 Å². The Morgan fingerprint density at radius 1 is 0.780 bits per heavy atom. The Morgan fingerprint density at radius 2 is 1.39 bits per heavy atom. The third kappa shape index (κ3) is 12.5. The van der Waals surface area contributed by atoms with Gasteiger partial charge in [0.1, 0.15) is 21.2 Å². The van der Waals surface area contributed by atoms with E-state index in [4.69, 9.17) is 21.4 Å². The van der Waals surface area contributed by atoms with Crippen LogP contribution in [0.25, 0.3) is 10.8 Å². The zero-order valence-corrected chi connectivity index (χ0v) is 33.9. The van der Waals surface area contributed by atoms with Gasteiger partial charge in [-0.25, -0.2) is 17.9 Å². The lowest BCUT2D eigenvalue weighted by molar-refractivity contribution is -0.432. The predicted octanol–water partition coefficient (Wildman–Crippen LogP) is 5.05. The summed E-state index contributed by atoms with van der Waals surface area (Å²) in [5.74, 6) is -1.56. The quantitative estimate of drug-likeness (QED) is 0.0211. The smallest absolute Gasteiger partial charge is 0.324 e. The maximum absolute atomic E-state index is 12.5. The standard InChI is InChI=1S/C29H25ClN8O16S5/c1-15(39)31-23-12-18(33-29-35-27(30)34-28(36-29)32-17-2-5-20(6-3-17)56(41,42)9-8-52-59(49,50)51)4-7-22(23)37-38-24-14-21-16(11-26(24)58(46,47)48)10-19(55-54-53-40)13-25(21)57(43,44)45/h2-7,10-14,40H,8-9H2,1H3,(H,31,39)(H,43,44,45)(H,46,47,48)(H,49,50,51)(H2,32,33,34,35,36)/b38-37+. The maximum Gasteiger partial charge on any atom is 0.397 e. The molecule has 0 saturated heterocycles. The van der Waals surface area contributed by atoms with Gasteiger partial charge >= 0.3 is 10.4 Å². The van der Waals surface area contributed by atoms with Crippen molar-refractivity contribution in [1.29, 1.82) is 0 Å². The number of nitrogens with zero attached hydrogens (tertiary/aromatic N) is 5. The summed E-state index contributed by atoms with van der Waals surface area (Å²) in [6.07, 6.45) is 0. The summed E-state index contributed by atoms with van der Waals surface area (Å²) >= 11 is 6.41. The van der Waals surface area contributed by atoms with Gasteiger partial charge in [0, 0.05) is 28.6 Å². The Bertz CT molecular complexity index is 2920. The molecule has 0 atom stereocenters. The summed E-state index contributed by atoms with van der Waals surface area (Å²) < 4.78 is 133. The minimum Gasteiger partial charge on any atom is -0.324 e. The Hall–Kier alpha value is -5.02. The molecule has 1 heterocycles. The molecule has 5 aromatic rings. The number of azo groups is 1. The van der Waals surface area contributed by atoms with Crippen molar-refractivity contribution in [3.05, 3.63) is 72.0 Å². The molecule has 0 aliphatic heterocycles. The highest BCUT2D eigenvalue weighted by Gasteiger charge is 2.23. The van der Waals surface area contributed by atoms with Crippen molar-refractivity contribution in [2.45, 2.75) is 26.5 Å². The third-order valence-electron chi connectivity index (χ3n) is 7.18. The van der Waals surface area contributed by atoms with Gasteiger partial charge in [0.25, 0.3) is 20.2 Å². The average Bonchev–Trinajstić information content (AvgIpc) is 3.11. The summed E-state index contributed by atoms with van der Waals surface area (Å²) in [5.41, 5.74) is -0.164. The fourth-order valence-electron chi connectivity index (χ4n) is 4.85. The van der Waals surface area contributed by atoms with Crippen LogP contribution >= 0.6 is 23.6 Å². The normalized spacial score (nSPS) is 12.5. The number of hydrogen-bond acceptors (Lipinski definition) is 21. The molecule has 24 nitrogen and oxygen atoms in total. The first-order valence-electron chi connectivity index (χ1n) is 15.5. The van der Waals surface area contributed by atoms with Gasteiger partial charge < -0.3 is 16.0 Å². The molecule has 7 N–H and O–H groups in total. The molecule has 0 saturated carbocycles. The lowest BCUT2D eigenvalue weighted by atomic mass is 10.1. The van der Waals surface area contributed by atoms with Crippen LogP contribution in [0.1, 0.15) is 6.92 Å². The summed E-state index contributed by atoms with van der Waals surface area (Å²) in [6, 6.07) is 13.0. The summed E-state index contributed by atoms with van der Waals surface area (Å²) in [6.45, 7) is 0.361. The molecule has 0 aliphatic carbocycles. The molecule has 0 radical (unpaired) electrons. The number of halogens is 1. The second kappa shape index (κ2) is 18.1. The van der Waals surface area contributed by atoms with Gasteiger partial charge in [-0.15, -0.1) is 14.6 Å². The Labute approximate surface area is 342 Å². The largest absolute Gasteiger partial charge is 0.397 e. The molecule has 1 amide bonds. The first-order chi connectivity index (χ1) is 27.5. The van der Waals surface area contributed by atoms with Crippen molar-refractivity contribution in [3.63, 3.8) is 0 Å². The van der Waals surface area contributed by atoms with Crippen LogP contribution < -0.4 is 16.0 Å². The van der Waals surface area contributed by atoms with Crippen LogP contribution in [0.4, 0.5) is 40.3 Å². The van der Waals surface area contributed by atoms with E-state index in [0.717, 1.165) is 18.2 Å². The highest BCUT2D eigenvalue weighted by atomic mass is 35.5. The van der Waals surface area contributed by atoms with Crippen LogP contribution in [0.2, 0.25) is 5.28 Å². The minimum absolute atomic E-state index is 0.00932. The topological polar surface area (TPSA) is 362 Å². The van der Waals surface area contributed by atoms with Crippen molar-refractivity contribution in [2.24, 2.45) is 10.2 Å². The lowest BCUT2D eigenvalue weighted by Gasteiger charge is -2.12. The Balaban J connectivity index is 1.42. The lowest BCUT2D eigenvalue weighted by Crippen LogP contribution is -2.15. The van der Waals surface area contributed by atoms with Gasteiger partial charge in [-0.2, -0.15) is 40.2 Å². The van der Waals surface area contributed by atoms with E-state index >= 15 is 0 Å². The summed E-state index contributed by atoms with van der Waals surface area (Å²) in [4.78, 5) is 22.5. The van der Waals surface area contributed by atoms with E-state index in [1.165, 1.54) is 55.5 Å². The molecule has 30 heteroatoms. The number of rotatable bonds is 17. The molecule has 5 rings (SSSR count). The number of fused-ring (bicyclic) bond motifs is 1. The monoisotopic (exact) mass is 936 g/mol. The summed E-state index contributed by atoms with van der Waals surface area (Å²) in [5, 5.41) is 27.3. The van der Waals surface area contributed by atoms with Crippen LogP contribution in [0.15, 0.2) is 96.5 Å². The van der Waals surface area contributed by atoms with E-state index in [1.54, 1.807) is 0 Å². The van der Waals surface area contributed by atoms with Gasteiger partial charge in [0.05, 0.1) is 35.0 Å². The molecule has 0 fully saturated rings. The van der Waals surface area contributed by atoms with Gasteiger partial charge in [-0.05, 0) is 83.7 Å². The van der Waals surface area contributed by atoms with Crippen molar-refractivity contribution in [3.8, 4) is 0 Å². The highest BCUT2D eigenvalue weighted by molar-refractivity contribution is 7.94. The molecular weight excluding hydrogens is 912 g/mol. The number of amides is 1. The van der Waals surface area contributed by atoms with Crippen LogP contribution in [-0.4, -0.2) is 85.8 Å². The van der Waals surface area contributed by atoms with Gasteiger partial charge in [-0.1, -0.05) is 5.04 Å². The second-order valence-corrected chi connectivity index (χ2v) is 18.4. The molecule has 4 aromatic carbocycles. The molecule has 0 spiro atoms. The van der Waals surface area contributed by atoms with E-state index in [2.05, 4.69) is 54.7 Å². The maximum atomic E-state index is 12.5. The minimum atomic E-state index is -5.06. The van der Waals surface area contributed by atoms with Gasteiger partial charge in [0.2, 0.25) is 23.1 Å². The van der Waals surface area contributed by atoms with Crippen LogP contribution in [0.5, 0.6) is 0 Å². The van der Waals surface area contributed by atoms with E-state index < -0.39 is 74.2 Å². The highest BCUT2D eigenvalue weighted by Crippen LogP contribution is 2.38. The number of carbonyl (C=O) groups is 1. The van der Waals surface area contributed by atoms with Crippen molar-refractivity contribution >= 4 is 121 Å². The fourth-order valence-corrected chi connectivity index (χ4v) is 8.39. The number of carbonyl (C=O) groups excluding carboxylic acids is 1. The first-order valence-corrected chi connectivity index (χ1v) is 22.5. The van der Waals surface area contributed by atoms with Crippen molar-refractivity contribution in [1.82, 2.24) is 15.0 Å². The second-order valence-electron chi connectivity index (χ2n) is 11.3. The van der Waals surface area contributed by atoms with Gasteiger partial charge in [-0.3, -0.25) is 18.5 Å². The van der Waals surface area contributed by atoms with Crippen LogP contribution in [-0.2, 0) is 58.8 Å². The summed E-state index contributed by atoms with van der Waals surface area (Å²) in [7, 11) is -18.9. The van der Waals surface area contributed by atoms with Crippen LogP contribution in [0.3, 0.4) is 0 Å². The average molecular weight is 937 g/mol. The molecule has 0 aliphatic rings. The Morgan fingerprint density at radius 3 is 1.98 bits per heavy atom. The van der Waals surface area contributed by atoms with Crippen LogP contribution in [0, 0.1) is 0 Å². The third-order valence-corrected chi connectivity index (χ3v) is 11.8. The number of hydrogen-bond donors (Lipinski definition) is 7. The molecule has 314 valence electrons. The molecule has 0 unspecified atom stereocenters. The van der Waals surface area contributed by atoms with E-state index in [9.17, 15) is 47.6 Å². The Kier molecular flexibility index (Phi) is 13.8. The number of anilines is 5. The van der Waals surface area contributed by atoms with Gasteiger partial charge in [0.15, 0.2) is 9.84 Å². The van der Waals surface area contributed by atoms with Crippen molar-refractivity contribution < 1.29 is 70.9 Å². The number of nitrogens with one attached hydrogen (secondary N) is 3. The fraction of sp³-hybridized carbons (Fsp3) is 0.103. The van der Waals surface area contributed by atoms with Crippen molar-refractivity contribution in [2.75, 3.05) is 28.3 Å². The SMILES string of the molecule is CC(=O)Nc1cc(Nc2nc(Cl)nc(Nc3ccc(S(=O)(=O)CCOS(=O)(=O)O)cc3)n2)ccc1/N=N/c1cc2c(S(=O)(=O)O)cc(SOOO)cc2cc1S(=O)(=O)O. The molecule has 1 aromatic heterocycles. The number of benzene rings is 4.